The molecule has 1 fully saturated rings. The Morgan fingerprint density at radius 1 is 1.19 bits per heavy atom. The number of sulfonamides is 1. The monoisotopic (exact) mass is 310 g/mol. The van der Waals surface area contributed by atoms with Crippen molar-refractivity contribution in [1.82, 2.24) is 9.21 Å². The van der Waals surface area contributed by atoms with E-state index >= 15 is 0 Å². The predicted octanol–water partition coefficient (Wildman–Crippen LogP) is 1.38. The first-order valence-corrected chi connectivity index (χ1v) is 8.23. The lowest BCUT2D eigenvalue weighted by atomic mass is 10.1. The van der Waals surface area contributed by atoms with E-state index in [1.165, 1.54) is 16.4 Å². The van der Waals surface area contributed by atoms with Crippen LogP contribution in [0.25, 0.3) is 0 Å². The molecule has 0 radical (unpaired) electrons. The van der Waals surface area contributed by atoms with Crippen LogP contribution in [0.1, 0.15) is 11.1 Å². The lowest BCUT2D eigenvalue weighted by Gasteiger charge is -2.33. The molecule has 0 atom stereocenters. The second kappa shape index (κ2) is 6.14. The average molecular weight is 310 g/mol. The van der Waals surface area contributed by atoms with E-state index < -0.39 is 15.8 Å². The van der Waals surface area contributed by atoms with Crippen molar-refractivity contribution < 1.29 is 12.8 Å². The second-order valence-electron chi connectivity index (χ2n) is 5.25. The Morgan fingerprint density at radius 2 is 1.71 bits per heavy atom. The number of rotatable bonds is 3. The summed E-state index contributed by atoms with van der Waals surface area (Å²) < 4.78 is 40.3. The Hall–Kier alpha value is -1.42. The highest BCUT2D eigenvalue weighted by Gasteiger charge is 2.30. The predicted molar refractivity (Wildman–Crippen MR) is 79.9 cm³/mol. The second-order valence-corrected chi connectivity index (χ2v) is 7.13. The summed E-state index contributed by atoms with van der Waals surface area (Å²) in [5.41, 5.74) is 0.886. The van der Waals surface area contributed by atoms with Crippen LogP contribution >= 0.6 is 0 Å². The van der Waals surface area contributed by atoms with Gasteiger partial charge in [0, 0.05) is 26.2 Å². The zero-order valence-electron chi connectivity index (χ0n) is 12.3. The van der Waals surface area contributed by atoms with Crippen LogP contribution in [0, 0.1) is 32.0 Å². The summed E-state index contributed by atoms with van der Waals surface area (Å²) in [6, 6.07) is 2.52. The van der Waals surface area contributed by atoms with Gasteiger partial charge in [-0.05, 0) is 37.1 Å². The molecule has 0 bridgehead atoms. The Kier molecular flexibility index (Phi) is 4.67. The number of hydrogen-bond donors (Lipinski definition) is 0. The number of benzene rings is 1. The Bertz CT molecular complexity index is 648. The molecular weight excluding hydrogens is 291 g/mol. The van der Waals surface area contributed by atoms with Crippen molar-refractivity contribution in [1.29, 1.82) is 0 Å². The SMILES string of the molecule is C#CCN1CCN(S(=O)(=O)c2c(C)cc(F)cc2C)CC1. The van der Waals surface area contributed by atoms with Crippen molar-refractivity contribution in [2.45, 2.75) is 18.7 Å². The van der Waals surface area contributed by atoms with Gasteiger partial charge in [-0.2, -0.15) is 4.31 Å². The average Bonchev–Trinajstić information content (AvgIpc) is 2.38. The third-order valence-corrected chi connectivity index (χ3v) is 5.87. The molecule has 0 unspecified atom stereocenters. The highest BCUT2D eigenvalue weighted by Crippen LogP contribution is 2.25. The first kappa shape index (κ1) is 16.0. The van der Waals surface area contributed by atoms with Gasteiger partial charge in [0.1, 0.15) is 5.82 Å². The van der Waals surface area contributed by atoms with E-state index in [2.05, 4.69) is 5.92 Å². The third-order valence-electron chi connectivity index (χ3n) is 3.67. The number of aryl methyl sites for hydroxylation is 2. The number of terminal acetylenes is 1. The van der Waals surface area contributed by atoms with Gasteiger partial charge in [-0.3, -0.25) is 4.90 Å². The minimum atomic E-state index is -3.59. The Balaban J connectivity index is 2.27. The van der Waals surface area contributed by atoms with E-state index in [4.69, 9.17) is 6.42 Å². The summed E-state index contributed by atoms with van der Waals surface area (Å²) in [6.07, 6.45) is 5.27. The van der Waals surface area contributed by atoms with Gasteiger partial charge in [0.25, 0.3) is 0 Å². The fraction of sp³-hybridized carbons (Fsp3) is 0.467. The molecular formula is C15H19FN2O2S. The fourth-order valence-electron chi connectivity index (χ4n) is 2.69. The normalized spacial score (nSPS) is 17.6. The Morgan fingerprint density at radius 3 is 2.19 bits per heavy atom. The highest BCUT2D eigenvalue weighted by molar-refractivity contribution is 7.89. The van der Waals surface area contributed by atoms with Gasteiger partial charge < -0.3 is 0 Å². The number of halogens is 1. The van der Waals surface area contributed by atoms with Gasteiger partial charge in [0.15, 0.2) is 0 Å². The van der Waals surface area contributed by atoms with Crippen LogP contribution < -0.4 is 0 Å². The first-order valence-electron chi connectivity index (χ1n) is 6.79. The molecule has 1 aromatic carbocycles. The molecule has 1 heterocycles. The smallest absolute Gasteiger partial charge is 0.243 e. The molecule has 1 aliphatic heterocycles. The summed E-state index contributed by atoms with van der Waals surface area (Å²) in [5, 5.41) is 0. The van der Waals surface area contributed by atoms with Crippen molar-refractivity contribution >= 4 is 10.0 Å². The molecule has 2 rings (SSSR count). The molecule has 4 nitrogen and oxygen atoms in total. The molecule has 0 N–H and O–H groups in total. The maximum absolute atomic E-state index is 13.3. The minimum Gasteiger partial charge on any atom is -0.290 e. The third kappa shape index (κ3) is 3.26. The summed E-state index contributed by atoms with van der Waals surface area (Å²) >= 11 is 0. The molecule has 6 heteroatoms. The number of hydrogen-bond acceptors (Lipinski definition) is 3. The zero-order valence-corrected chi connectivity index (χ0v) is 13.1. The molecule has 1 aromatic rings. The van der Waals surface area contributed by atoms with E-state index in [1.54, 1.807) is 13.8 Å². The lowest BCUT2D eigenvalue weighted by Crippen LogP contribution is -2.48. The van der Waals surface area contributed by atoms with E-state index in [1.807, 2.05) is 4.90 Å². The minimum absolute atomic E-state index is 0.217. The molecule has 1 saturated heterocycles. The molecule has 21 heavy (non-hydrogen) atoms. The lowest BCUT2D eigenvalue weighted by molar-refractivity contribution is 0.207. The maximum Gasteiger partial charge on any atom is 0.243 e. The summed E-state index contributed by atoms with van der Waals surface area (Å²) in [7, 11) is -3.59. The van der Waals surface area contributed by atoms with Crippen LogP contribution in [0.3, 0.4) is 0 Å². The van der Waals surface area contributed by atoms with Crippen LogP contribution in [-0.2, 0) is 10.0 Å². The number of nitrogens with zero attached hydrogens (tertiary/aromatic N) is 2. The van der Waals surface area contributed by atoms with Crippen LogP contribution in [-0.4, -0.2) is 50.3 Å². The van der Waals surface area contributed by atoms with Crippen molar-refractivity contribution in [3.05, 3.63) is 29.1 Å². The molecule has 0 amide bonds. The van der Waals surface area contributed by atoms with Crippen LogP contribution in [0.4, 0.5) is 4.39 Å². The first-order chi connectivity index (χ1) is 9.86. The van der Waals surface area contributed by atoms with Crippen molar-refractivity contribution in [3.8, 4) is 12.3 Å². The molecule has 1 aliphatic rings. The largest absolute Gasteiger partial charge is 0.290 e. The van der Waals surface area contributed by atoms with Crippen molar-refractivity contribution in [2.24, 2.45) is 0 Å². The summed E-state index contributed by atoms with van der Waals surface area (Å²) in [5.74, 6) is 2.15. The quantitative estimate of drug-likeness (QED) is 0.792. The highest BCUT2D eigenvalue weighted by atomic mass is 32.2. The summed E-state index contributed by atoms with van der Waals surface area (Å²) in [4.78, 5) is 2.26. The Labute approximate surface area is 125 Å². The van der Waals surface area contributed by atoms with Crippen molar-refractivity contribution in [2.75, 3.05) is 32.7 Å². The molecule has 0 aliphatic carbocycles. The van der Waals surface area contributed by atoms with Gasteiger partial charge in [-0.25, -0.2) is 12.8 Å². The van der Waals surface area contributed by atoms with Crippen LogP contribution in [0.2, 0.25) is 0 Å². The molecule has 0 spiro atoms. The van der Waals surface area contributed by atoms with Gasteiger partial charge in [0.05, 0.1) is 11.4 Å². The van der Waals surface area contributed by atoms with Gasteiger partial charge in [-0.1, -0.05) is 5.92 Å². The van der Waals surface area contributed by atoms with E-state index in [-0.39, 0.29) is 4.90 Å². The molecule has 0 aromatic heterocycles. The summed E-state index contributed by atoms with van der Waals surface area (Å²) in [6.45, 7) is 5.81. The molecule has 114 valence electrons. The van der Waals surface area contributed by atoms with Crippen molar-refractivity contribution in [3.63, 3.8) is 0 Å². The van der Waals surface area contributed by atoms with Crippen LogP contribution in [0.15, 0.2) is 17.0 Å². The molecule has 0 saturated carbocycles. The van der Waals surface area contributed by atoms with Gasteiger partial charge >= 0.3 is 0 Å². The topological polar surface area (TPSA) is 40.6 Å². The van der Waals surface area contributed by atoms with E-state index in [9.17, 15) is 12.8 Å². The standard InChI is InChI=1S/C15H19FN2O2S/c1-4-5-17-6-8-18(9-7-17)21(19,20)15-12(2)10-14(16)11-13(15)3/h1,10-11H,5-9H2,2-3H3. The fourth-order valence-corrected chi connectivity index (χ4v) is 4.52. The van der Waals surface area contributed by atoms with E-state index in [0.29, 0.717) is 43.9 Å². The van der Waals surface area contributed by atoms with Crippen LogP contribution in [0.5, 0.6) is 0 Å². The number of piperazine rings is 1. The van der Waals surface area contributed by atoms with Gasteiger partial charge in [-0.15, -0.1) is 6.42 Å². The maximum atomic E-state index is 13.3. The zero-order chi connectivity index (χ0) is 15.6. The van der Waals surface area contributed by atoms with E-state index in [0.717, 1.165) is 0 Å². The van der Waals surface area contributed by atoms with Gasteiger partial charge in [0.2, 0.25) is 10.0 Å².